The quantitative estimate of drug-likeness (QED) is 0.316. The molecule has 2 saturated heterocycles. The number of carbonyl (C=O) groups excluding carboxylic acids is 3. The van der Waals surface area contributed by atoms with Crippen LogP contribution in [0.3, 0.4) is 0 Å². The van der Waals surface area contributed by atoms with Crippen LogP contribution >= 0.6 is 0 Å². The molecule has 1 unspecified atom stereocenters. The second-order valence-corrected chi connectivity index (χ2v) is 13.6. The summed E-state index contributed by atoms with van der Waals surface area (Å²) in [6, 6.07) is 19.5. The van der Waals surface area contributed by atoms with Gasteiger partial charge in [0.25, 0.3) is 11.8 Å². The number of hydrogen-bond donors (Lipinski definition) is 1. The predicted octanol–water partition coefficient (Wildman–Crippen LogP) is 4.52. The summed E-state index contributed by atoms with van der Waals surface area (Å²) in [6.07, 6.45) is 5.68. The molecule has 2 aromatic carbocycles. The van der Waals surface area contributed by atoms with E-state index in [1.807, 2.05) is 77.4 Å². The van der Waals surface area contributed by atoms with Gasteiger partial charge < -0.3 is 19.5 Å². The number of nitrogens with one attached hydrogen (secondary N) is 1. The van der Waals surface area contributed by atoms with Gasteiger partial charge in [0, 0.05) is 43.7 Å². The Morgan fingerprint density at radius 2 is 1.67 bits per heavy atom. The standard InChI is InChI=1S/C35H38N6O4/c1-23(25-12-8-5-9-13-25)37-30(42)29-19-45-31(38-29)28-18-39(20-35(28)21-40(22-35)33(44)27-14-34(27,2)3)32(43)26-15-36-41(17-26)16-24-10-6-4-7-11-24/h4-13,15,17,19,23,27-28H,14,16,18,20-22H2,1-3H3,(H,37,42)/t23-,27+,28?/m0/s1. The Bertz CT molecular complexity index is 1720. The maximum atomic E-state index is 13.8. The zero-order valence-corrected chi connectivity index (χ0v) is 25.8. The molecule has 0 bridgehead atoms. The van der Waals surface area contributed by atoms with Crippen molar-refractivity contribution in [2.24, 2.45) is 16.7 Å². The zero-order chi connectivity index (χ0) is 31.3. The molecule has 1 N–H and O–H groups in total. The second-order valence-electron chi connectivity index (χ2n) is 13.6. The fraction of sp³-hybridized carbons (Fsp3) is 0.400. The Labute approximate surface area is 262 Å². The lowest BCUT2D eigenvalue weighted by Crippen LogP contribution is -2.62. The van der Waals surface area contributed by atoms with Gasteiger partial charge >= 0.3 is 0 Å². The van der Waals surface area contributed by atoms with Gasteiger partial charge in [0.05, 0.1) is 30.3 Å². The normalized spacial score (nSPS) is 21.8. The number of aromatic nitrogens is 3. The number of carbonyl (C=O) groups is 3. The van der Waals surface area contributed by atoms with Gasteiger partial charge in [0.15, 0.2) is 11.6 Å². The van der Waals surface area contributed by atoms with Gasteiger partial charge in [-0.15, -0.1) is 0 Å². The second kappa shape index (κ2) is 11.0. The first-order valence-electron chi connectivity index (χ1n) is 15.6. The van der Waals surface area contributed by atoms with E-state index >= 15 is 0 Å². The van der Waals surface area contributed by atoms with Crippen molar-refractivity contribution in [3.63, 3.8) is 0 Å². The third kappa shape index (κ3) is 5.54. The van der Waals surface area contributed by atoms with Crippen LogP contribution < -0.4 is 5.32 Å². The van der Waals surface area contributed by atoms with Crippen molar-refractivity contribution >= 4 is 17.7 Å². The average molecular weight is 607 g/mol. The molecule has 1 spiro atoms. The predicted molar refractivity (Wildman–Crippen MR) is 166 cm³/mol. The first kappa shape index (κ1) is 29.0. The molecule has 3 aliphatic rings. The summed E-state index contributed by atoms with van der Waals surface area (Å²) >= 11 is 0. The minimum Gasteiger partial charge on any atom is -0.448 e. The molecule has 2 aliphatic heterocycles. The summed E-state index contributed by atoms with van der Waals surface area (Å²) in [5.74, 6) is -0.0594. The molecule has 10 heteroatoms. The molecule has 4 heterocycles. The van der Waals surface area contributed by atoms with E-state index in [9.17, 15) is 14.4 Å². The Morgan fingerprint density at radius 1 is 1.00 bits per heavy atom. The highest BCUT2D eigenvalue weighted by Gasteiger charge is 2.61. The zero-order valence-electron chi connectivity index (χ0n) is 25.8. The smallest absolute Gasteiger partial charge is 0.273 e. The van der Waals surface area contributed by atoms with E-state index < -0.39 is 5.41 Å². The molecule has 232 valence electrons. The Balaban J connectivity index is 1.09. The number of benzene rings is 2. The first-order valence-corrected chi connectivity index (χ1v) is 15.6. The minimum atomic E-state index is -0.402. The molecule has 3 atom stereocenters. The molecule has 45 heavy (non-hydrogen) atoms. The van der Waals surface area contributed by atoms with Gasteiger partial charge in [-0.25, -0.2) is 4.98 Å². The summed E-state index contributed by atoms with van der Waals surface area (Å²) in [5.41, 5.74) is 2.43. The Morgan fingerprint density at radius 3 is 2.36 bits per heavy atom. The minimum absolute atomic E-state index is 0.0402. The van der Waals surface area contributed by atoms with E-state index in [1.165, 1.54) is 6.26 Å². The molecular weight excluding hydrogens is 568 g/mol. The highest BCUT2D eigenvalue weighted by Crippen LogP contribution is 2.55. The van der Waals surface area contributed by atoms with Crippen molar-refractivity contribution in [2.45, 2.75) is 45.7 Å². The molecule has 2 aromatic heterocycles. The van der Waals surface area contributed by atoms with Crippen LogP contribution in [0, 0.1) is 16.7 Å². The van der Waals surface area contributed by atoms with E-state index in [2.05, 4.69) is 29.2 Å². The van der Waals surface area contributed by atoms with Crippen LogP contribution in [0.1, 0.15) is 77.0 Å². The summed E-state index contributed by atoms with van der Waals surface area (Å²) in [5, 5.41) is 7.43. The largest absolute Gasteiger partial charge is 0.448 e. The molecule has 7 rings (SSSR count). The maximum absolute atomic E-state index is 13.8. The van der Waals surface area contributed by atoms with E-state index in [0.717, 1.165) is 17.5 Å². The van der Waals surface area contributed by atoms with Crippen molar-refractivity contribution in [1.29, 1.82) is 0 Å². The molecule has 10 nitrogen and oxygen atoms in total. The van der Waals surface area contributed by atoms with Crippen LogP contribution in [0.5, 0.6) is 0 Å². The molecule has 3 amide bonds. The number of rotatable bonds is 8. The van der Waals surface area contributed by atoms with E-state index in [-0.39, 0.29) is 46.7 Å². The monoisotopic (exact) mass is 606 g/mol. The number of likely N-dealkylation sites (tertiary alicyclic amines) is 2. The van der Waals surface area contributed by atoms with E-state index in [4.69, 9.17) is 4.42 Å². The number of oxazole rings is 1. The molecule has 3 fully saturated rings. The van der Waals surface area contributed by atoms with Crippen LogP contribution in [0.4, 0.5) is 0 Å². The number of amides is 3. The van der Waals surface area contributed by atoms with Crippen LogP contribution in [-0.2, 0) is 11.3 Å². The molecule has 4 aromatic rings. The van der Waals surface area contributed by atoms with Gasteiger partial charge in [-0.1, -0.05) is 74.5 Å². The highest BCUT2D eigenvalue weighted by molar-refractivity contribution is 5.94. The van der Waals surface area contributed by atoms with E-state index in [0.29, 0.717) is 44.2 Å². The van der Waals surface area contributed by atoms with Crippen LogP contribution in [-0.4, -0.2) is 68.5 Å². The Kier molecular flexibility index (Phi) is 7.10. The average Bonchev–Trinajstić information content (AvgIpc) is 3.50. The maximum Gasteiger partial charge on any atom is 0.273 e. The van der Waals surface area contributed by atoms with Crippen LogP contribution in [0.15, 0.2) is 83.7 Å². The number of hydrogen-bond acceptors (Lipinski definition) is 6. The van der Waals surface area contributed by atoms with Gasteiger partial charge in [-0.05, 0) is 29.9 Å². The van der Waals surface area contributed by atoms with Gasteiger partial charge in [0.1, 0.15) is 6.26 Å². The fourth-order valence-electron chi connectivity index (χ4n) is 6.92. The third-order valence-electron chi connectivity index (χ3n) is 9.84. The summed E-state index contributed by atoms with van der Waals surface area (Å²) in [4.78, 5) is 48.5. The molecule has 1 aliphatic carbocycles. The van der Waals surface area contributed by atoms with Gasteiger partial charge in [0.2, 0.25) is 5.91 Å². The van der Waals surface area contributed by atoms with Crippen LogP contribution in [0.25, 0.3) is 0 Å². The highest BCUT2D eigenvalue weighted by atomic mass is 16.3. The van der Waals surface area contributed by atoms with Gasteiger partial charge in [-0.3, -0.25) is 19.1 Å². The summed E-state index contributed by atoms with van der Waals surface area (Å²) in [6.45, 7) is 8.63. The van der Waals surface area contributed by atoms with Crippen LogP contribution in [0.2, 0.25) is 0 Å². The van der Waals surface area contributed by atoms with Crippen molar-refractivity contribution in [1.82, 2.24) is 29.9 Å². The lowest BCUT2D eigenvalue weighted by molar-refractivity contribution is -0.146. The lowest BCUT2D eigenvalue weighted by atomic mass is 9.71. The van der Waals surface area contributed by atoms with Crippen molar-refractivity contribution in [2.75, 3.05) is 26.2 Å². The number of nitrogens with zero attached hydrogens (tertiary/aromatic N) is 5. The van der Waals surface area contributed by atoms with E-state index in [1.54, 1.807) is 17.1 Å². The lowest BCUT2D eigenvalue weighted by Gasteiger charge is -2.50. The molecular formula is C35H38N6O4. The van der Waals surface area contributed by atoms with Crippen molar-refractivity contribution in [3.05, 3.63) is 108 Å². The van der Waals surface area contributed by atoms with Gasteiger partial charge in [-0.2, -0.15) is 5.10 Å². The summed E-state index contributed by atoms with van der Waals surface area (Å²) < 4.78 is 7.72. The summed E-state index contributed by atoms with van der Waals surface area (Å²) in [7, 11) is 0. The third-order valence-corrected chi connectivity index (χ3v) is 9.84. The van der Waals surface area contributed by atoms with Crippen molar-refractivity contribution < 1.29 is 18.8 Å². The molecule has 1 saturated carbocycles. The SMILES string of the molecule is C[C@H](NC(=O)c1coc(C2CN(C(=O)c3cnn(Cc4ccccc4)c3)CC23CN(C(=O)[C@H]2CC2(C)C)C3)n1)c1ccccc1. The molecule has 0 radical (unpaired) electrons. The van der Waals surface area contributed by atoms with Crippen molar-refractivity contribution in [3.8, 4) is 0 Å². The topological polar surface area (TPSA) is 114 Å². The fourth-order valence-corrected chi connectivity index (χ4v) is 6.92. The first-order chi connectivity index (χ1) is 21.6. The Hall–Kier alpha value is -4.73.